The summed E-state index contributed by atoms with van der Waals surface area (Å²) in [5.41, 5.74) is 2.08. The van der Waals surface area contributed by atoms with Crippen LogP contribution < -0.4 is 4.74 Å². The van der Waals surface area contributed by atoms with Crippen LogP contribution in [0.2, 0.25) is 0 Å². The third-order valence-electron chi connectivity index (χ3n) is 4.79. The number of ether oxygens (including phenoxy) is 1. The number of benzene rings is 2. The summed E-state index contributed by atoms with van der Waals surface area (Å²) < 4.78 is 32.9. The van der Waals surface area contributed by atoms with Gasteiger partial charge in [-0.05, 0) is 49.2 Å². The van der Waals surface area contributed by atoms with Gasteiger partial charge < -0.3 is 9.64 Å². The van der Waals surface area contributed by atoms with Crippen LogP contribution in [0.1, 0.15) is 35.3 Å². The Hall–Kier alpha value is -2.38. The van der Waals surface area contributed by atoms with Crippen molar-refractivity contribution >= 4 is 15.9 Å². The molecule has 0 bridgehead atoms. The number of likely N-dealkylation sites (N-methyl/N-ethyl adjacent to an activating group) is 1. The van der Waals surface area contributed by atoms with E-state index in [4.69, 9.17) is 4.74 Å². The Kier molecular flexibility index (Phi) is 7.81. The number of sulfonamides is 1. The zero-order valence-electron chi connectivity index (χ0n) is 17.8. The van der Waals surface area contributed by atoms with Gasteiger partial charge in [0.1, 0.15) is 12.4 Å². The Labute approximate surface area is 174 Å². The van der Waals surface area contributed by atoms with Crippen molar-refractivity contribution in [2.45, 2.75) is 32.6 Å². The molecule has 0 saturated carbocycles. The quantitative estimate of drug-likeness (QED) is 0.625. The van der Waals surface area contributed by atoms with E-state index in [1.54, 1.807) is 40.0 Å². The number of aryl methyl sites for hydroxylation is 2. The zero-order valence-corrected chi connectivity index (χ0v) is 18.6. The standard InChI is InChI=1S/C22H30N2O4S/c1-6-24(7-2)29(26,27)21-16-19(12-11-18(21)4)22(25)23(5)13-14-28-20-10-8-9-17(3)15-20/h8-12,15-16H,6-7,13-14H2,1-5H3. The van der Waals surface area contributed by atoms with Crippen LogP contribution >= 0.6 is 0 Å². The number of hydrogen-bond donors (Lipinski definition) is 0. The maximum Gasteiger partial charge on any atom is 0.253 e. The summed E-state index contributed by atoms with van der Waals surface area (Å²) in [6, 6.07) is 12.5. The fourth-order valence-corrected chi connectivity index (χ4v) is 4.75. The van der Waals surface area contributed by atoms with Crippen molar-refractivity contribution in [3.05, 3.63) is 59.2 Å². The van der Waals surface area contributed by atoms with E-state index in [1.807, 2.05) is 31.2 Å². The highest BCUT2D eigenvalue weighted by Gasteiger charge is 2.25. The van der Waals surface area contributed by atoms with E-state index >= 15 is 0 Å². The molecule has 2 aromatic carbocycles. The Morgan fingerprint density at radius 1 is 1.03 bits per heavy atom. The molecule has 0 saturated heterocycles. The molecule has 1 amide bonds. The molecular formula is C22H30N2O4S. The average Bonchev–Trinajstić information content (AvgIpc) is 2.68. The molecule has 0 fully saturated rings. The van der Waals surface area contributed by atoms with Gasteiger partial charge in [-0.25, -0.2) is 8.42 Å². The van der Waals surface area contributed by atoms with Gasteiger partial charge in [-0.1, -0.05) is 32.0 Å². The van der Waals surface area contributed by atoms with Crippen molar-refractivity contribution in [1.82, 2.24) is 9.21 Å². The number of rotatable bonds is 9. The maximum atomic E-state index is 12.9. The fourth-order valence-electron chi connectivity index (χ4n) is 3.04. The number of hydrogen-bond acceptors (Lipinski definition) is 4. The molecule has 0 aliphatic rings. The molecule has 7 heteroatoms. The van der Waals surface area contributed by atoms with Gasteiger partial charge in [0.05, 0.1) is 11.4 Å². The Morgan fingerprint density at radius 2 is 1.72 bits per heavy atom. The Morgan fingerprint density at radius 3 is 2.34 bits per heavy atom. The first-order chi connectivity index (χ1) is 13.7. The highest BCUT2D eigenvalue weighted by Crippen LogP contribution is 2.22. The highest BCUT2D eigenvalue weighted by molar-refractivity contribution is 7.89. The SMILES string of the molecule is CCN(CC)S(=O)(=O)c1cc(C(=O)N(C)CCOc2cccc(C)c2)ccc1C. The van der Waals surface area contributed by atoms with Gasteiger partial charge in [0, 0.05) is 25.7 Å². The second kappa shape index (κ2) is 9.89. The van der Waals surface area contributed by atoms with Gasteiger partial charge >= 0.3 is 0 Å². The van der Waals surface area contributed by atoms with Crippen LogP contribution in [0.15, 0.2) is 47.4 Å². The van der Waals surface area contributed by atoms with Gasteiger partial charge in [0.25, 0.3) is 5.91 Å². The molecule has 158 valence electrons. The lowest BCUT2D eigenvalue weighted by Gasteiger charge is -2.21. The van der Waals surface area contributed by atoms with Gasteiger partial charge in [-0.2, -0.15) is 4.31 Å². The van der Waals surface area contributed by atoms with Crippen LogP contribution in [0.4, 0.5) is 0 Å². The fraction of sp³-hybridized carbons (Fsp3) is 0.409. The second-order valence-corrected chi connectivity index (χ2v) is 8.87. The third kappa shape index (κ3) is 5.58. The zero-order chi connectivity index (χ0) is 21.6. The lowest BCUT2D eigenvalue weighted by molar-refractivity contribution is 0.0773. The molecule has 0 atom stereocenters. The molecule has 0 aliphatic carbocycles. The van der Waals surface area contributed by atoms with Crippen molar-refractivity contribution in [1.29, 1.82) is 0 Å². The van der Waals surface area contributed by atoms with Gasteiger partial charge in [-0.3, -0.25) is 4.79 Å². The van der Waals surface area contributed by atoms with E-state index in [-0.39, 0.29) is 10.8 Å². The van der Waals surface area contributed by atoms with Crippen LogP contribution in [0.5, 0.6) is 5.75 Å². The summed E-state index contributed by atoms with van der Waals surface area (Å²) in [5, 5.41) is 0. The van der Waals surface area contributed by atoms with Crippen LogP contribution in [0, 0.1) is 13.8 Å². The summed E-state index contributed by atoms with van der Waals surface area (Å²) in [6.45, 7) is 8.83. The molecule has 0 aliphatic heterocycles. The summed E-state index contributed by atoms with van der Waals surface area (Å²) in [5.74, 6) is 0.516. The van der Waals surface area contributed by atoms with E-state index in [0.29, 0.717) is 37.4 Å². The van der Waals surface area contributed by atoms with E-state index in [2.05, 4.69) is 0 Å². The summed E-state index contributed by atoms with van der Waals surface area (Å²) >= 11 is 0. The number of carbonyl (C=O) groups excluding carboxylic acids is 1. The molecule has 2 aromatic rings. The lowest BCUT2D eigenvalue weighted by atomic mass is 10.1. The van der Waals surface area contributed by atoms with Crippen molar-refractivity contribution in [2.75, 3.05) is 33.3 Å². The normalized spacial score (nSPS) is 11.5. The summed E-state index contributed by atoms with van der Waals surface area (Å²) in [7, 11) is -1.95. The molecule has 0 N–H and O–H groups in total. The first-order valence-corrected chi connectivity index (χ1v) is 11.2. The predicted octanol–water partition coefficient (Wildman–Crippen LogP) is 3.48. The molecule has 0 radical (unpaired) electrons. The van der Waals surface area contributed by atoms with Crippen LogP contribution in [-0.2, 0) is 10.0 Å². The molecule has 0 unspecified atom stereocenters. The first-order valence-electron chi connectivity index (χ1n) is 9.76. The minimum atomic E-state index is -3.63. The first kappa shape index (κ1) is 22.9. The summed E-state index contributed by atoms with van der Waals surface area (Å²) in [6.07, 6.45) is 0. The largest absolute Gasteiger partial charge is 0.492 e. The topological polar surface area (TPSA) is 66.9 Å². The van der Waals surface area contributed by atoms with Crippen molar-refractivity contribution < 1.29 is 17.9 Å². The van der Waals surface area contributed by atoms with E-state index < -0.39 is 10.0 Å². The molecule has 2 rings (SSSR count). The van der Waals surface area contributed by atoms with Gasteiger partial charge in [0.2, 0.25) is 10.0 Å². The lowest BCUT2D eigenvalue weighted by Crippen LogP contribution is -2.32. The molecular weight excluding hydrogens is 388 g/mol. The number of nitrogens with zero attached hydrogens (tertiary/aromatic N) is 2. The molecule has 0 heterocycles. The Balaban J connectivity index is 2.12. The van der Waals surface area contributed by atoms with Gasteiger partial charge in [-0.15, -0.1) is 0 Å². The third-order valence-corrected chi connectivity index (χ3v) is 6.98. The second-order valence-electron chi connectivity index (χ2n) is 6.96. The van der Waals surface area contributed by atoms with Crippen molar-refractivity contribution in [3.8, 4) is 5.75 Å². The van der Waals surface area contributed by atoms with Crippen molar-refractivity contribution in [2.24, 2.45) is 0 Å². The van der Waals surface area contributed by atoms with E-state index in [0.717, 1.165) is 11.3 Å². The van der Waals surface area contributed by atoms with Crippen molar-refractivity contribution in [3.63, 3.8) is 0 Å². The van der Waals surface area contributed by atoms with Crippen LogP contribution in [0.25, 0.3) is 0 Å². The van der Waals surface area contributed by atoms with Crippen LogP contribution in [0.3, 0.4) is 0 Å². The number of amides is 1. The molecule has 29 heavy (non-hydrogen) atoms. The summed E-state index contributed by atoms with van der Waals surface area (Å²) in [4.78, 5) is 14.5. The minimum absolute atomic E-state index is 0.177. The van der Waals surface area contributed by atoms with E-state index in [9.17, 15) is 13.2 Å². The predicted molar refractivity (Wildman–Crippen MR) is 115 cm³/mol. The van der Waals surface area contributed by atoms with Crippen LogP contribution in [-0.4, -0.2) is 56.8 Å². The highest BCUT2D eigenvalue weighted by atomic mass is 32.2. The average molecular weight is 419 g/mol. The van der Waals surface area contributed by atoms with E-state index in [1.165, 1.54) is 15.3 Å². The maximum absolute atomic E-state index is 12.9. The molecule has 6 nitrogen and oxygen atoms in total. The minimum Gasteiger partial charge on any atom is -0.492 e. The van der Waals surface area contributed by atoms with Gasteiger partial charge in [0.15, 0.2) is 0 Å². The molecule has 0 spiro atoms. The number of carbonyl (C=O) groups is 1. The monoisotopic (exact) mass is 418 g/mol. The Bertz CT molecular complexity index is 953. The smallest absolute Gasteiger partial charge is 0.253 e. The molecule has 0 aromatic heterocycles.